The lowest BCUT2D eigenvalue weighted by Crippen LogP contribution is -2.23. The van der Waals surface area contributed by atoms with E-state index in [1.165, 1.54) is 6.33 Å². The molecule has 2 aromatic rings. The third-order valence-electron chi connectivity index (χ3n) is 2.79. The predicted octanol–water partition coefficient (Wildman–Crippen LogP) is 2.84. The highest BCUT2D eigenvalue weighted by molar-refractivity contribution is 6.31. The van der Waals surface area contributed by atoms with E-state index in [2.05, 4.69) is 15.3 Å². The molecule has 4 nitrogen and oxygen atoms in total. The average Bonchev–Trinajstić information content (AvgIpc) is 2.46. The number of benzene rings is 1. The first kappa shape index (κ1) is 13.8. The zero-order chi connectivity index (χ0) is 13.7. The number of nitrogens with zero attached hydrogens (tertiary/aromatic N) is 2. The average molecular weight is 278 g/mol. The molecule has 19 heavy (non-hydrogen) atoms. The summed E-state index contributed by atoms with van der Waals surface area (Å²) in [4.78, 5) is 8.33. The number of hydrogen-bond donors (Lipinski definition) is 1. The Morgan fingerprint density at radius 1 is 1.32 bits per heavy atom. The van der Waals surface area contributed by atoms with Crippen molar-refractivity contribution >= 4 is 11.6 Å². The van der Waals surface area contributed by atoms with Crippen LogP contribution in [0.2, 0.25) is 5.02 Å². The second-order valence-corrected chi connectivity index (χ2v) is 4.40. The Labute approximate surface area is 117 Å². The molecular formula is C14H16ClN3O. The van der Waals surface area contributed by atoms with Gasteiger partial charge in [-0.15, -0.1) is 0 Å². The maximum atomic E-state index is 6.26. The number of hydrogen-bond acceptors (Lipinski definition) is 4. The standard InChI is InChI=1S/C14H16ClN3O/c1-3-16-14(10-6-4-5-7-11(10)15)12-8-13(19-2)18-9-17-12/h4-9,14,16H,3H2,1-2H3. The maximum Gasteiger partial charge on any atom is 0.216 e. The van der Waals surface area contributed by atoms with Crippen LogP contribution in [0.25, 0.3) is 0 Å². The van der Waals surface area contributed by atoms with E-state index in [9.17, 15) is 0 Å². The molecule has 1 aromatic heterocycles. The number of aromatic nitrogens is 2. The van der Waals surface area contributed by atoms with Crippen molar-refractivity contribution in [1.29, 1.82) is 0 Å². The molecule has 2 rings (SSSR count). The normalized spacial score (nSPS) is 12.2. The van der Waals surface area contributed by atoms with Crippen LogP contribution in [0.5, 0.6) is 5.88 Å². The van der Waals surface area contributed by atoms with Gasteiger partial charge >= 0.3 is 0 Å². The summed E-state index contributed by atoms with van der Waals surface area (Å²) in [6.07, 6.45) is 1.50. The molecule has 0 saturated carbocycles. The monoisotopic (exact) mass is 277 g/mol. The van der Waals surface area contributed by atoms with Gasteiger partial charge in [0.2, 0.25) is 5.88 Å². The van der Waals surface area contributed by atoms with Crippen molar-refractivity contribution in [2.45, 2.75) is 13.0 Å². The summed E-state index contributed by atoms with van der Waals surface area (Å²) >= 11 is 6.26. The first-order chi connectivity index (χ1) is 9.26. The van der Waals surface area contributed by atoms with Crippen molar-refractivity contribution in [3.63, 3.8) is 0 Å². The van der Waals surface area contributed by atoms with Crippen molar-refractivity contribution in [1.82, 2.24) is 15.3 Å². The van der Waals surface area contributed by atoms with Crippen molar-refractivity contribution in [3.05, 3.63) is 52.9 Å². The lowest BCUT2D eigenvalue weighted by atomic mass is 10.0. The van der Waals surface area contributed by atoms with E-state index in [1.807, 2.05) is 37.3 Å². The smallest absolute Gasteiger partial charge is 0.216 e. The van der Waals surface area contributed by atoms with Gasteiger partial charge in [-0.05, 0) is 18.2 Å². The van der Waals surface area contributed by atoms with E-state index in [-0.39, 0.29) is 6.04 Å². The van der Waals surface area contributed by atoms with Gasteiger partial charge in [0.25, 0.3) is 0 Å². The quantitative estimate of drug-likeness (QED) is 0.913. The zero-order valence-electron chi connectivity index (χ0n) is 10.9. The van der Waals surface area contributed by atoms with Crippen molar-refractivity contribution in [3.8, 4) is 5.88 Å². The van der Waals surface area contributed by atoms with Gasteiger partial charge in [0.05, 0.1) is 18.8 Å². The topological polar surface area (TPSA) is 47.0 Å². The van der Waals surface area contributed by atoms with E-state index in [1.54, 1.807) is 7.11 Å². The Morgan fingerprint density at radius 2 is 2.11 bits per heavy atom. The highest BCUT2D eigenvalue weighted by Crippen LogP contribution is 2.27. The molecule has 0 aliphatic rings. The van der Waals surface area contributed by atoms with E-state index in [4.69, 9.17) is 16.3 Å². The van der Waals surface area contributed by atoms with Gasteiger partial charge < -0.3 is 10.1 Å². The highest BCUT2D eigenvalue weighted by Gasteiger charge is 2.17. The van der Waals surface area contributed by atoms with E-state index < -0.39 is 0 Å². The molecule has 1 heterocycles. The lowest BCUT2D eigenvalue weighted by molar-refractivity contribution is 0.395. The Bertz CT molecular complexity index is 548. The van der Waals surface area contributed by atoms with Gasteiger partial charge in [0, 0.05) is 11.1 Å². The number of nitrogens with one attached hydrogen (secondary N) is 1. The van der Waals surface area contributed by atoms with Crippen LogP contribution in [0.3, 0.4) is 0 Å². The molecule has 5 heteroatoms. The van der Waals surface area contributed by atoms with Gasteiger partial charge in [0.15, 0.2) is 0 Å². The van der Waals surface area contributed by atoms with Crippen LogP contribution in [-0.2, 0) is 0 Å². The molecule has 0 spiro atoms. The second-order valence-electron chi connectivity index (χ2n) is 4.00. The van der Waals surface area contributed by atoms with Crippen LogP contribution in [0.1, 0.15) is 24.2 Å². The summed E-state index contributed by atoms with van der Waals surface area (Å²) in [5, 5.41) is 4.09. The third kappa shape index (κ3) is 3.22. The molecule has 1 atom stereocenters. The summed E-state index contributed by atoms with van der Waals surface area (Å²) in [6, 6.07) is 9.48. The SMILES string of the molecule is CCNC(c1cc(OC)ncn1)c1ccccc1Cl. The van der Waals surface area contributed by atoms with Gasteiger partial charge in [-0.2, -0.15) is 0 Å². The molecule has 1 N–H and O–H groups in total. The predicted molar refractivity (Wildman–Crippen MR) is 75.6 cm³/mol. The minimum absolute atomic E-state index is 0.0735. The molecule has 0 fully saturated rings. The molecular weight excluding hydrogens is 262 g/mol. The summed E-state index contributed by atoms with van der Waals surface area (Å²) < 4.78 is 5.14. The lowest BCUT2D eigenvalue weighted by Gasteiger charge is -2.19. The van der Waals surface area contributed by atoms with Crippen molar-refractivity contribution in [2.75, 3.05) is 13.7 Å². The third-order valence-corrected chi connectivity index (χ3v) is 3.14. The minimum atomic E-state index is -0.0735. The fourth-order valence-corrected chi connectivity index (χ4v) is 2.16. The van der Waals surface area contributed by atoms with Gasteiger partial charge in [0.1, 0.15) is 6.33 Å². The minimum Gasteiger partial charge on any atom is -0.481 e. The van der Waals surface area contributed by atoms with Crippen LogP contribution in [0.15, 0.2) is 36.7 Å². The Morgan fingerprint density at radius 3 is 2.79 bits per heavy atom. The molecule has 0 aliphatic carbocycles. The summed E-state index contributed by atoms with van der Waals surface area (Å²) in [5.41, 5.74) is 1.83. The van der Waals surface area contributed by atoms with Crippen LogP contribution < -0.4 is 10.1 Å². The molecule has 100 valence electrons. The first-order valence-corrected chi connectivity index (χ1v) is 6.47. The molecule has 0 aliphatic heterocycles. The number of rotatable bonds is 5. The number of methoxy groups -OCH3 is 1. The van der Waals surface area contributed by atoms with Gasteiger partial charge in [-0.3, -0.25) is 0 Å². The van der Waals surface area contributed by atoms with E-state index in [0.717, 1.165) is 17.8 Å². The second kappa shape index (κ2) is 6.50. The fourth-order valence-electron chi connectivity index (χ4n) is 1.91. The fraction of sp³-hybridized carbons (Fsp3) is 0.286. The van der Waals surface area contributed by atoms with Gasteiger partial charge in [-0.1, -0.05) is 36.7 Å². The first-order valence-electron chi connectivity index (χ1n) is 6.10. The highest BCUT2D eigenvalue weighted by atomic mass is 35.5. The van der Waals surface area contributed by atoms with Crippen molar-refractivity contribution in [2.24, 2.45) is 0 Å². The molecule has 0 bridgehead atoms. The van der Waals surface area contributed by atoms with E-state index >= 15 is 0 Å². The Hall–Kier alpha value is -1.65. The summed E-state index contributed by atoms with van der Waals surface area (Å²) in [7, 11) is 1.59. The zero-order valence-corrected chi connectivity index (χ0v) is 11.7. The largest absolute Gasteiger partial charge is 0.481 e. The molecule has 1 aromatic carbocycles. The Kier molecular flexibility index (Phi) is 4.71. The van der Waals surface area contributed by atoms with Crippen LogP contribution in [0, 0.1) is 0 Å². The van der Waals surface area contributed by atoms with Crippen LogP contribution >= 0.6 is 11.6 Å². The molecule has 1 unspecified atom stereocenters. The van der Waals surface area contributed by atoms with Crippen LogP contribution in [-0.4, -0.2) is 23.6 Å². The molecule has 0 radical (unpaired) electrons. The maximum absolute atomic E-state index is 6.26. The summed E-state index contributed by atoms with van der Waals surface area (Å²) in [5.74, 6) is 0.542. The Balaban J connectivity index is 2.42. The number of halogens is 1. The number of ether oxygens (including phenoxy) is 1. The van der Waals surface area contributed by atoms with Crippen molar-refractivity contribution < 1.29 is 4.74 Å². The molecule has 0 saturated heterocycles. The van der Waals surface area contributed by atoms with E-state index in [0.29, 0.717) is 10.9 Å². The van der Waals surface area contributed by atoms with Crippen LogP contribution in [0.4, 0.5) is 0 Å². The summed E-state index contributed by atoms with van der Waals surface area (Å²) in [6.45, 7) is 2.85. The van der Waals surface area contributed by atoms with Gasteiger partial charge in [-0.25, -0.2) is 9.97 Å². The molecule has 0 amide bonds.